The zero-order chi connectivity index (χ0) is 16.8. The van der Waals surface area contributed by atoms with Crippen LogP contribution in [0.25, 0.3) is 0 Å². The van der Waals surface area contributed by atoms with Crippen molar-refractivity contribution in [2.24, 2.45) is 0 Å². The quantitative estimate of drug-likeness (QED) is 0.528. The summed E-state index contributed by atoms with van der Waals surface area (Å²) in [6.45, 7) is 2.64. The molecule has 0 saturated carbocycles. The van der Waals surface area contributed by atoms with Crippen LogP contribution < -0.4 is 4.72 Å². The topological polar surface area (TPSA) is 35.5 Å². The van der Waals surface area contributed by atoms with E-state index in [2.05, 4.69) is 32.6 Å². The number of rotatable bonds is 3. The average Bonchev–Trinajstić information content (AvgIpc) is 3.11. The van der Waals surface area contributed by atoms with E-state index in [4.69, 9.17) is 23.2 Å². The van der Waals surface area contributed by atoms with Crippen LogP contribution in [-0.4, -0.2) is 30.1 Å². The maximum Gasteiger partial charge on any atom is 0.136 e. The van der Waals surface area contributed by atoms with E-state index in [1.54, 1.807) is 18.2 Å². The van der Waals surface area contributed by atoms with Gasteiger partial charge in [0.15, 0.2) is 0 Å². The highest BCUT2D eigenvalue weighted by Crippen LogP contribution is 2.38. The third-order valence-corrected chi connectivity index (χ3v) is 6.91. The van der Waals surface area contributed by atoms with Crippen LogP contribution in [0.1, 0.15) is 12.8 Å². The van der Waals surface area contributed by atoms with Gasteiger partial charge in [-0.25, -0.2) is 0 Å². The highest BCUT2D eigenvalue weighted by molar-refractivity contribution is 9.10. The molecule has 8 heteroatoms. The number of nitrogens with one attached hydrogen (secondary N) is 1. The predicted molar refractivity (Wildman–Crippen MR) is 106 cm³/mol. The molecule has 2 N–H and O–H groups in total. The van der Waals surface area contributed by atoms with E-state index in [1.165, 1.54) is 49.2 Å². The molecule has 0 spiro atoms. The minimum atomic E-state index is 0.0580. The van der Waals surface area contributed by atoms with Crippen LogP contribution in [-0.2, 0) is 0 Å². The third-order valence-electron chi connectivity index (χ3n) is 3.17. The van der Waals surface area contributed by atoms with Crippen molar-refractivity contribution in [3.05, 3.63) is 38.1 Å². The van der Waals surface area contributed by atoms with Crippen LogP contribution in [0.3, 0.4) is 0 Å². The number of aromatic hydroxyl groups is 1. The molecule has 0 atom stereocenters. The molecule has 0 amide bonds. The number of anilines is 1. The largest absolute Gasteiger partial charge is 0.506 e. The van der Waals surface area contributed by atoms with Crippen LogP contribution in [0.5, 0.6) is 5.75 Å². The fourth-order valence-electron chi connectivity index (χ4n) is 1.94. The minimum absolute atomic E-state index is 0.0580. The van der Waals surface area contributed by atoms with Crippen LogP contribution in [0.15, 0.2) is 32.9 Å². The molecule has 23 heavy (non-hydrogen) atoms. The maximum absolute atomic E-state index is 9.44. The van der Waals surface area contributed by atoms with Gasteiger partial charge in [-0.3, -0.25) is 0 Å². The number of phenolic OH excluding ortho intramolecular Hbond substituents is 1. The summed E-state index contributed by atoms with van der Waals surface area (Å²) in [5.74, 6) is 0.0580. The zero-order valence-electron chi connectivity index (χ0n) is 12.5. The summed E-state index contributed by atoms with van der Waals surface area (Å²) in [5, 5.41) is 9.77. The first-order valence-electron chi connectivity index (χ1n) is 7.00. The van der Waals surface area contributed by atoms with E-state index in [0.29, 0.717) is 9.36 Å². The summed E-state index contributed by atoms with van der Waals surface area (Å²) < 4.78 is 5.72. The molecule has 0 radical (unpaired) electrons. The second-order valence-electron chi connectivity index (χ2n) is 5.07. The molecule has 1 fully saturated rings. The highest BCUT2D eigenvalue weighted by Gasteiger charge is 2.06. The zero-order valence-corrected chi connectivity index (χ0v) is 17.2. The molecule has 3 nitrogen and oxygen atoms in total. The van der Waals surface area contributed by atoms with Crippen molar-refractivity contribution in [3.8, 4) is 5.75 Å². The Bertz CT molecular complexity index is 629. The van der Waals surface area contributed by atoms with Crippen molar-refractivity contribution in [2.45, 2.75) is 17.1 Å². The lowest BCUT2D eigenvalue weighted by Crippen LogP contribution is -2.10. The normalized spacial score (nSPS) is 14.4. The molecular formula is C15H17BrCl2N2OS2. The van der Waals surface area contributed by atoms with Gasteiger partial charge >= 0.3 is 0 Å². The summed E-state index contributed by atoms with van der Waals surface area (Å²) >= 11 is 17.9. The minimum Gasteiger partial charge on any atom is -0.506 e. The monoisotopic (exact) mass is 454 g/mol. The van der Waals surface area contributed by atoms with Crippen LogP contribution in [0, 0.1) is 0 Å². The number of benzene rings is 1. The van der Waals surface area contributed by atoms with Crippen molar-refractivity contribution < 1.29 is 5.11 Å². The van der Waals surface area contributed by atoms with Gasteiger partial charge in [-0.05, 0) is 79.1 Å². The van der Waals surface area contributed by atoms with Gasteiger partial charge in [0.1, 0.15) is 10.1 Å². The molecule has 1 aromatic carbocycles. The number of thiophene rings is 1. The fraction of sp³-hybridized carbons (Fsp3) is 0.333. The predicted octanol–water partition coefficient (Wildman–Crippen LogP) is 6.35. The third kappa shape index (κ3) is 6.36. The molecule has 1 aliphatic rings. The molecule has 2 heterocycles. The van der Waals surface area contributed by atoms with Gasteiger partial charge in [0.25, 0.3) is 0 Å². The van der Waals surface area contributed by atoms with Crippen molar-refractivity contribution in [1.29, 1.82) is 0 Å². The number of phenols is 1. The van der Waals surface area contributed by atoms with Crippen LogP contribution in [0.4, 0.5) is 5.69 Å². The van der Waals surface area contributed by atoms with Crippen molar-refractivity contribution in [3.63, 3.8) is 0 Å². The molecule has 3 rings (SSSR count). The number of likely N-dealkylation sites (tertiary alicyclic amines) is 1. The number of halogens is 3. The Balaban J connectivity index is 0.000000268. The Hall–Kier alpha value is -0.110. The first-order valence-corrected chi connectivity index (χ1v) is 10.2. The standard InChI is InChI=1S/C10H6BrCl2NOS2.C5H11N/c11-6-4-9(16-10(6)13)17-14-5-1-2-7(12)8(15)3-5;1-6-4-2-3-5-6/h1-4,14-15H;2-5H2,1H3. The molecule has 2 aromatic rings. The highest BCUT2D eigenvalue weighted by atomic mass is 79.9. The van der Waals surface area contributed by atoms with E-state index >= 15 is 0 Å². The second-order valence-corrected chi connectivity index (χ2v) is 9.09. The van der Waals surface area contributed by atoms with Crippen LogP contribution in [0.2, 0.25) is 9.36 Å². The lowest BCUT2D eigenvalue weighted by molar-refractivity contribution is 0.418. The molecule has 0 unspecified atom stereocenters. The summed E-state index contributed by atoms with van der Waals surface area (Å²) in [6, 6.07) is 6.93. The first-order chi connectivity index (χ1) is 11.0. The second kappa shape index (κ2) is 9.39. The molecule has 126 valence electrons. The SMILES string of the molecule is CN1CCCC1.Oc1cc(NSc2cc(Br)c(Cl)s2)ccc1Cl. The molecule has 0 aliphatic carbocycles. The van der Waals surface area contributed by atoms with Gasteiger partial charge in [0.05, 0.1) is 9.23 Å². The average molecular weight is 456 g/mol. The fourth-order valence-corrected chi connectivity index (χ4v) is 4.84. The Morgan fingerprint density at radius 3 is 2.43 bits per heavy atom. The van der Waals surface area contributed by atoms with E-state index in [0.717, 1.165) is 14.4 Å². The summed E-state index contributed by atoms with van der Waals surface area (Å²) in [4.78, 5) is 2.36. The van der Waals surface area contributed by atoms with Gasteiger partial charge < -0.3 is 14.7 Å². The molecule has 1 saturated heterocycles. The van der Waals surface area contributed by atoms with Gasteiger partial charge in [-0.2, -0.15) is 0 Å². The van der Waals surface area contributed by atoms with E-state index < -0.39 is 0 Å². The molecular weight excluding hydrogens is 439 g/mol. The smallest absolute Gasteiger partial charge is 0.136 e. The van der Waals surface area contributed by atoms with E-state index in [9.17, 15) is 5.11 Å². The molecule has 1 aromatic heterocycles. The van der Waals surface area contributed by atoms with E-state index in [-0.39, 0.29) is 5.75 Å². The maximum atomic E-state index is 9.44. The number of hydrogen-bond donors (Lipinski definition) is 2. The Morgan fingerprint density at radius 1 is 1.26 bits per heavy atom. The van der Waals surface area contributed by atoms with E-state index in [1.807, 2.05) is 6.07 Å². The van der Waals surface area contributed by atoms with Gasteiger partial charge in [-0.1, -0.05) is 23.2 Å². The molecule has 1 aliphatic heterocycles. The van der Waals surface area contributed by atoms with Crippen molar-refractivity contribution >= 4 is 68.1 Å². The summed E-state index contributed by atoms with van der Waals surface area (Å²) in [6.07, 6.45) is 2.83. The number of nitrogens with zero attached hydrogens (tertiary/aromatic N) is 1. The lowest BCUT2D eigenvalue weighted by atomic mass is 10.3. The van der Waals surface area contributed by atoms with Crippen molar-refractivity contribution in [1.82, 2.24) is 4.90 Å². The molecule has 0 bridgehead atoms. The van der Waals surface area contributed by atoms with Gasteiger partial charge in [0, 0.05) is 16.2 Å². The Labute approximate surface area is 163 Å². The Kier molecular flexibility index (Phi) is 7.85. The van der Waals surface area contributed by atoms with Crippen molar-refractivity contribution in [2.75, 3.05) is 24.9 Å². The lowest BCUT2D eigenvalue weighted by Gasteiger charge is -2.04. The summed E-state index contributed by atoms with van der Waals surface area (Å²) in [7, 11) is 2.17. The number of hydrogen-bond acceptors (Lipinski definition) is 5. The first kappa shape index (κ1) is 19.2. The van der Waals surface area contributed by atoms with Gasteiger partial charge in [0.2, 0.25) is 0 Å². The summed E-state index contributed by atoms with van der Waals surface area (Å²) in [5.41, 5.74) is 0.776. The van der Waals surface area contributed by atoms with Gasteiger partial charge in [-0.15, -0.1) is 11.3 Å². The Morgan fingerprint density at radius 2 is 1.96 bits per heavy atom. The van der Waals surface area contributed by atoms with Crippen LogP contribution >= 0.6 is 62.4 Å².